The van der Waals surface area contributed by atoms with E-state index in [0.717, 1.165) is 11.1 Å². The summed E-state index contributed by atoms with van der Waals surface area (Å²) in [4.78, 5) is 23.6. The first-order valence-corrected chi connectivity index (χ1v) is 8.24. The standard InChI is InChI=1S/C19H17ClN2O4/c1-21-18(23)10-26-16-6-3-11(8-17(16)25-2)7-14-13-5-4-12(20)9-15(13)22-19(14)24/h3-9H,10H2,1-2H3,(H,21,23)(H,22,24)/b14-7+. The third kappa shape index (κ3) is 3.65. The Balaban J connectivity index is 1.90. The molecule has 3 rings (SSSR count). The summed E-state index contributed by atoms with van der Waals surface area (Å²) in [6.45, 7) is -0.107. The van der Waals surface area contributed by atoms with E-state index < -0.39 is 0 Å². The van der Waals surface area contributed by atoms with Crippen LogP contribution in [-0.2, 0) is 9.59 Å². The first-order chi connectivity index (χ1) is 12.5. The van der Waals surface area contributed by atoms with Gasteiger partial charge in [0.15, 0.2) is 18.1 Å². The quantitative estimate of drug-likeness (QED) is 0.791. The van der Waals surface area contributed by atoms with E-state index in [2.05, 4.69) is 10.6 Å². The van der Waals surface area contributed by atoms with Gasteiger partial charge in [-0.3, -0.25) is 9.59 Å². The zero-order chi connectivity index (χ0) is 18.7. The SMILES string of the molecule is CNC(=O)COc1ccc(/C=C2/C(=O)Nc3cc(Cl)ccc32)cc1OC. The van der Waals surface area contributed by atoms with Crippen molar-refractivity contribution in [3.05, 3.63) is 52.5 Å². The largest absolute Gasteiger partial charge is 0.493 e. The van der Waals surface area contributed by atoms with Crippen molar-refractivity contribution < 1.29 is 19.1 Å². The predicted molar refractivity (Wildman–Crippen MR) is 101 cm³/mol. The van der Waals surface area contributed by atoms with Gasteiger partial charge in [0, 0.05) is 23.2 Å². The summed E-state index contributed by atoms with van der Waals surface area (Å²) in [5.74, 6) is 0.483. The van der Waals surface area contributed by atoms with Crippen molar-refractivity contribution in [1.29, 1.82) is 0 Å². The number of hydrogen-bond acceptors (Lipinski definition) is 4. The Hall–Kier alpha value is -2.99. The van der Waals surface area contributed by atoms with Crippen LogP contribution in [0.4, 0.5) is 5.69 Å². The predicted octanol–water partition coefficient (Wildman–Crippen LogP) is 2.97. The van der Waals surface area contributed by atoms with Crippen LogP contribution in [0.25, 0.3) is 11.6 Å². The third-order valence-electron chi connectivity index (χ3n) is 3.90. The van der Waals surface area contributed by atoms with Crippen molar-refractivity contribution in [3.8, 4) is 11.5 Å². The molecule has 0 fully saturated rings. The maximum absolute atomic E-state index is 12.3. The number of halogens is 1. The van der Waals surface area contributed by atoms with Crippen LogP contribution < -0.4 is 20.1 Å². The second-order valence-corrected chi connectivity index (χ2v) is 6.01. The van der Waals surface area contributed by atoms with Crippen molar-refractivity contribution in [2.75, 3.05) is 26.1 Å². The number of carbonyl (C=O) groups excluding carboxylic acids is 2. The summed E-state index contributed by atoms with van der Waals surface area (Å²) in [5.41, 5.74) is 2.78. The highest BCUT2D eigenvalue weighted by molar-refractivity contribution is 6.36. The lowest BCUT2D eigenvalue weighted by Crippen LogP contribution is -2.24. The van der Waals surface area contributed by atoms with Crippen LogP contribution in [0.15, 0.2) is 36.4 Å². The fraction of sp³-hybridized carbons (Fsp3) is 0.158. The third-order valence-corrected chi connectivity index (χ3v) is 4.14. The zero-order valence-electron chi connectivity index (χ0n) is 14.3. The average Bonchev–Trinajstić information content (AvgIpc) is 2.94. The van der Waals surface area contributed by atoms with Gasteiger partial charge in [0.2, 0.25) is 0 Å². The summed E-state index contributed by atoms with van der Waals surface area (Å²) >= 11 is 5.97. The van der Waals surface area contributed by atoms with Crippen molar-refractivity contribution in [1.82, 2.24) is 5.32 Å². The van der Waals surface area contributed by atoms with Crippen LogP contribution in [0.5, 0.6) is 11.5 Å². The van der Waals surface area contributed by atoms with E-state index in [4.69, 9.17) is 21.1 Å². The lowest BCUT2D eigenvalue weighted by Gasteiger charge is -2.11. The second-order valence-electron chi connectivity index (χ2n) is 5.57. The van der Waals surface area contributed by atoms with Crippen molar-refractivity contribution in [3.63, 3.8) is 0 Å². The minimum atomic E-state index is -0.240. The van der Waals surface area contributed by atoms with Crippen molar-refractivity contribution in [2.24, 2.45) is 0 Å². The number of ether oxygens (including phenoxy) is 2. The maximum atomic E-state index is 12.3. The molecule has 134 valence electrons. The van der Waals surface area contributed by atoms with E-state index in [9.17, 15) is 9.59 Å². The number of anilines is 1. The van der Waals surface area contributed by atoms with E-state index in [1.807, 2.05) is 0 Å². The molecular formula is C19H17ClN2O4. The van der Waals surface area contributed by atoms with Gasteiger partial charge >= 0.3 is 0 Å². The highest BCUT2D eigenvalue weighted by atomic mass is 35.5. The molecule has 0 spiro atoms. The second kappa shape index (κ2) is 7.49. The number of methoxy groups -OCH3 is 1. The van der Waals surface area contributed by atoms with Gasteiger partial charge in [-0.25, -0.2) is 0 Å². The number of likely N-dealkylation sites (N-methyl/N-ethyl adjacent to an activating group) is 1. The molecule has 0 radical (unpaired) electrons. The molecule has 26 heavy (non-hydrogen) atoms. The van der Waals surface area contributed by atoms with Crippen LogP contribution in [0, 0.1) is 0 Å². The average molecular weight is 373 g/mol. The minimum absolute atomic E-state index is 0.107. The van der Waals surface area contributed by atoms with E-state index in [1.54, 1.807) is 42.5 Å². The molecule has 7 heteroatoms. The zero-order valence-corrected chi connectivity index (χ0v) is 15.0. The molecule has 1 heterocycles. The van der Waals surface area contributed by atoms with Crippen LogP contribution in [0.2, 0.25) is 5.02 Å². The molecular weight excluding hydrogens is 356 g/mol. The maximum Gasteiger partial charge on any atom is 0.257 e. The summed E-state index contributed by atoms with van der Waals surface area (Å²) in [7, 11) is 3.05. The van der Waals surface area contributed by atoms with Crippen LogP contribution in [0.3, 0.4) is 0 Å². The van der Waals surface area contributed by atoms with Gasteiger partial charge in [-0.1, -0.05) is 23.7 Å². The molecule has 2 amide bonds. The van der Waals surface area contributed by atoms with Gasteiger partial charge < -0.3 is 20.1 Å². The molecule has 0 aliphatic carbocycles. The van der Waals surface area contributed by atoms with Crippen LogP contribution >= 0.6 is 11.6 Å². The van der Waals surface area contributed by atoms with E-state index in [0.29, 0.717) is 27.8 Å². The van der Waals surface area contributed by atoms with Gasteiger partial charge in [-0.2, -0.15) is 0 Å². The van der Waals surface area contributed by atoms with Gasteiger partial charge in [-0.05, 0) is 35.9 Å². The summed E-state index contributed by atoms with van der Waals surface area (Å²) in [5, 5.41) is 5.84. The molecule has 0 saturated heterocycles. The molecule has 2 N–H and O–H groups in total. The molecule has 0 unspecified atom stereocenters. The molecule has 1 aliphatic rings. The Bertz CT molecular complexity index is 908. The first-order valence-electron chi connectivity index (χ1n) is 7.86. The van der Waals surface area contributed by atoms with E-state index >= 15 is 0 Å². The number of amides is 2. The highest BCUT2D eigenvalue weighted by Gasteiger charge is 2.24. The number of hydrogen-bond donors (Lipinski definition) is 2. The van der Waals surface area contributed by atoms with E-state index in [-0.39, 0.29) is 18.4 Å². The highest BCUT2D eigenvalue weighted by Crippen LogP contribution is 2.36. The Morgan fingerprint density at radius 2 is 2.04 bits per heavy atom. The van der Waals surface area contributed by atoms with Crippen molar-refractivity contribution >= 4 is 40.8 Å². The summed E-state index contributed by atoms with van der Waals surface area (Å²) in [6, 6.07) is 10.5. The molecule has 6 nitrogen and oxygen atoms in total. The smallest absolute Gasteiger partial charge is 0.257 e. The van der Waals surface area contributed by atoms with Gasteiger partial charge in [0.1, 0.15) is 0 Å². The topological polar surface area (TPSA) is 76.7 Å². The molecule has 2 aromatic rings. The lowest BCUT2D eigenvalue weighted by molar-refractivity contribution is -0.122. The molecule has 0 aromatic heterocycles. The number of fused-ring (bicyclic) bond motifs is 1. The Morgan fingerprint density at radius 3 is 2.77 bits per heavy atom. The monoisotopic (exact) mass is 372 g/mol. The van der Waals surface area contributed by atoms with Gasteiger partial charge in [0.05, 0.1) is 12.8 Å². The molecule has 1 aliphatic heterocycles. The van der Waals surface area contributed by atoms with Crippen molar-refractivity contribution in [2.45, 2.75) is 0 Å². The number of benzene rings is 2. The normalized spacial score (nSPS) is 14.0. The fourth-order valence-electron chi connectivity index (χ4n) is 2.59. The minimum Gasteiger partial charge on any atom is -0.493 e. The Kier molecular flexibility index (Phi) is 5.14. The molecule has 2 aromatic carbocycles. The van der Waals surface area contributed by atoms with Crippen LogP contribution in [-0.4, -0.2) is 32.6 Å². The molecule has 0 bridgehead atoms. The number of rotatable bonds is 5. The van der Waals surface area contributed by atoms with Crippen LogP contribution in [0.1, 0.15) is 11.1 Å². The number of nitrogens with one attached hydrogen (secondary N) is 2. The van der Waals surface area contributed by atoms with Gasteiger partial charge in [0.25, 0.3) is 11.8 Å². The summed E-state index contributed by atoms with van der Waals surface area (Å²) < 4.78 is 10.8. The fourth-order valence-corrected chi connectivity index (χ4v) is 2.76. The van der Waals surface area contributed by atoms with E-state index in [1.165, 1.54) is 14.2 Å². The summed E-state index contributed by atoms with van der Waals surface area (Å²) in [6.07, 6.45) is 1.76. The van der Waals surface area contributed by atoms with Gasteiger partial charge in [-0.15, -0.1) is 0 Å². The molecule has 0 saturated carbocycles. The number of carbonyl (C=O) groups is 2. The lowest BCUT2D eigenvalue weighted by atomic mass is 10.0. The molecule has 0 atom stereocenters. The Morgan fingerprint density at radius 1 is 1.23 bits per heavy atom. The first kappa shape index (κ1) is 17.8. The Labute approximate surface area is 155 Å².